The van der Waals surface area contributed by atoms with Gasteiger partial charge < -0.3 is 14.8 Å². The number of allylic oxidation sites excluding steroid dienone is 2. The van der Waals surface area contributed by atoms with Gasteiger partial charge in [0.1, 0.15) is 6.04 Å². The average Bonchev–Trinajstić information content (AvgIpc) is 3.08. The van der Waals surface area contributed by atoms with Crippen molar-refractivity contribution in [2.45, 2.75) is 39.7 Å². The number of aromatic nitrogens is 4. The molecule has 0 unspecified atom stereocenters. The van der Waals surface area contributed by atoms with Gasteiger partial charge in [-0.3, -0.25) is 4.79 Å². The number of hydrogen-bond acceptors (Lipinski definition) is 7. The number of nitrogens with zero attached hydrogens (tertiary/aromatic N) is 4. The topological polar surface area (TPSA) is 91.2 Å². The van der Waals surface area contributed by atoms with Crippen LogP contribution in [0.2, 0.25) is 0 Å². The molecular formula is C19H22BrN5O3. The maximum atomic E-state index is 13.1. The zero-order chi connectivity index (χ0) is 20.1. The fraction of sp³-hybridized carbons (Fsp3) is 0.474. The van der Waals surface area contributed by atoms with Crippen LogP contribution in [0.4, 0.5) is 5.95 Å². The van der Waals surface area contributed by atoms with E-state index in [9.17, 15) is 4.79 Å². The molecule has 0 amide bonds. The van der Waals surface area contributed by atoms with Crippen molar-refractivity contribution in [1.29, 1.82) is 0 Å². The number of carbonyl (C=O) groups is 1. The van der Waals surface area contributed by atoms with Crippen LogP contribution in [0.5, 0.6) is 11.5 Å². The summed E-state index contributed by atoms with van der Waals surface area (Å²) < 4.78 is 13.6. The number of halogens is 1. The van der Waals surface area contributed by atoms with Crippen LogP contribution in [-0.4, -0.2) is 39.7 Å². The van der Waals surface area contributed by atoms with E-state index in [0.29, 0.717) is 36.0 Å². The number of Topliss-reactive ketones (excluding diaryl/α,β-unsaturated/α-hetero) is 1. The lowest BCUT2D eigenvalue weighted by atomic mass is 9.73. The normalized spacial score (nSPS) is 20.3. The van der Waals surface area contributed by atoms with Gasteiger partial charge in [0.25, 0.3) is 0 Å². The zero-order valence-corrected chi connectivity index (χ0v) is 17.8. The Morgan fingerprint density at radius 1 is 1.36 bits per heavy atom. The van der Waals surface area contributed by atoms with Gasteiger partial charge in [-0.05, 0) is 62.8 Å². The highest BCUT2D eigenvalue weighted by atomic mass is 79.9. The number of nitrogens with one attached hydrogen (secondary N) is 1. The molecule has 1 aromatic carbocycles. The molecule has 1 aromatic heterocycles. The SMILES string of the molecule is CCOc1c(Br)cc([C@H]2C3=C(CC(C)(C)CC3=O)Nc3nnnn32)cc1OC. The number of carbonyl (C=O) groups excluding carboxylic acids is 1. The number of rotatable bonds is 4. The van der Waals surface area contributed by atoms with Crippen LogP contribution >= 0.6 is 15.9 Å². The smallest absolute Gasteiger partial charge is 0.248 e. The molecule has 0 fully saturated rings. The van der Waals surface area contributed by atoms with Crippen LogP contribution < -0.4 is 14.8 Å². The number of benzene rings is 1. The van der Waals surface area contributed by atoms with Crippen molar-refractivity contribution in [2.75, 3.05) is 19.0 Å². The molecule has 8 nitrogen and oxygen atoms in total. The highest BCUT2D eigenvalue weighted by Crippen LogP contribution is 2.47. The summed E-state index contributed by atoms with van der Waals surface area (Å²) in [5, 5.41) is 15.3. The maximum Gasteiger partial charge on any atom is 0.248 e. The second-order valence-electron chi connectivity index (χ2n) is 7.77. The first kappa shape index (κ1) is 18.9. The second-order valence-corrected chi connectivity index (χ2v) is 8.63. The summed E-state index contributed by atoms with van der Waals surface area (Å²) >= 11 is 3.58. The van der Waals surface area contributed by atoms with Crippen molar-refractivity contribution in [3.8, 4) is 11.5 Å². The predicted molar refractivity (Wildman–Crippen MR) is 106 cm³/mol. The van der Waals surface area contributed by atoms with E-state index in [1.54, 1.807) is 11.8 Å². The van der Waals surface area contributed by atoms with Crippen LogP contribution in [0, 0.1) is 5.41 Å². The highest BCUT2D eigenvalue weighted by molar-refractivity contribution is 9.10. The van der Waals surface area contributed by atoms with Gasteiger partial charge in [-0.25, -0.2) is 0 Å². The lowest BCUT2D eigenvalue weighted by molar-refractivity contribution is -0.118. The number of anilines is 1. The summed E-state index contributed by atoms with van der Waals surface area (Å²) in [5.41, 5.74) is 2.33. The Kier molecular flexibility index (Phi) is 4.65. The number of fused-ring (bicyclic) bond motifs is 1. The molecule has 2 aromatic rings. The third-order valence-electron chi connectivity index (χ3n) is 5.05. The molecular weight excluding hydrogens is 426 g/mol. The van der Waals surface area contributed by atoms with Crippen LogP contribution in [-0.2, 0) is 4.79 Å². The van der Waals surface area contributed by atoms with Gasteiger partial charge in [0.2, 0.25) is 5.95 Å². The molecule has 0 radical (unpaired) electrons. The summed E-state index contributed by atoms with van der Waals surface area (Å²) in [6.07, 6.45) is 1.24. The summed E-state index contributed by atoms with van der Waals surface area (Å²) in [4.78, 5) is 13.1. The lowest BCUT2D eigenvalue weighted by Crippen LogP contribution is -2.36. The molecule has 148 valence electrons. The summed E-state index contributed by atoms with van der Waals surface area (Å²) in [6.45, 7) is 6.63. The van der Waals surface area contributed by atoms with Crippen molar-refractivity contribution in [3.63, 3.8) is 0 Å². The van der Waals surface area contributed by atoms with Gasteiger partial charge >= 0.3 is 0 Å². The van der Waals surface area contributed by atoms with E-state index in [-0.39, 0.29) is 11.2 Å². The molecule has 1 aliphatic heterocycles. The maximum absolute atomic E-state index is 13.1. The molecule has 28 heavy (non-hydrogen) atoms. The molecule has 9 heteroatoms. The van der Waals surface area contributed by atoms with E-state index in [2.05, 4.69) is 50.6 Å². The van der Waals surface area contributed by atoms with Crippen LogP contribution in [0.1, 0.15) is 45.2 Å². The van der Waals surface area contributed by atoms with Crippen molar-refractivity contribution in [3.05, 3.63) is 33.4 Å². The Morgan fingerprint density at radius 3 is 2.86 bits per heavy atom. The van der Waals surface area contributed by atoms with E-state index in [1.165, 1.54) is 0 Å². The Morgan fingerprint density at radius 2 is 2.14 bits per heavy atom. The average molecular weight is 448 g/mol. The molecule has 4 rings (SSSR count). The monoisotopic (exact) mass is 447 g/mol. The quantitative estimate of drug-likeness (QED) is 0.766. The van der Waals surface area contributed by atoms with Gasteiger partial charge in [0.15, 0.2) is 17.3 Å². The summed E-state index contributed by atoms with van der Waals surface area (Å²) in [5.74, 6) is 1.85. The molecule has 0 saturated carbocycles. The molecule has 1 atom stereocenters. The molecule has 1 aliphatic carbocycles. The van der Waals surface area contributed by atoms with Crippen LogP contribution in [0.25, 0.3) is 0 Å². The first-order valence-electron chi connectivity index (χ1n) is 9.16. The van der Waals surface area contributed by atoms with Gasteiger partial charge in [0, 0.05) is 17.7 Å². The second kappa shape index (κ2) is 6.88. The first-order chi connectivity index (χ1) is 13.3. The minimum atomic E-state index is -0.425. The summed E-state index contributed by atoms with van der Waals surface area (Å²) in [6, 6.07) is 3.40. The lowest BCUT2D eigenvalue weighted by Gasteiger charge is -2.38. The first-order valence-corrected chi connectivity index (χ1v) is 9.95. The third kappa shape index (κ3) is 3.07. The molecule has 0 spiro atoms. The Hall–Kier alpha value is -2.42. The number of methoxy groups -OCH3 is 1. The molecule has 2 aliphatic rings. The molecule has 0 saturated heterocycles. The van der Waals surface area contributed by atoms with E-state index in [0.717, 1.165) is 22.2 Å². The zero-order valence-electron chi connectivity index (χ0n) is 16.2. The molecule has 2 heterocycles. The van der Waals surface area contributed by atoms with Gasteiger partial charge in [-0.15, -0.1) is 0 Å². The highest BCUT2D eigenvalue weighted by Gasteiger charge is 2.42. The number of tetrazole rings is 1. The Bertz CT molecular complexity index is 982. The Balaban J connectivity index is 1.90. The fourth-order valence-electron chi connectivity index (χ4n) is 3.96. The Labute approximate surface area is 171 Å². The predicted octanol–water partition coefficient (Wildman–Crippen LogP) is 3.50. The fourth-order valence-corrected chi connectivity index (χ4v) is 4.53. The van der Waals surface area contributed by atoms with Crippen molar-refractivity contribution in [2.24, 2.45) is 5.41 Å². The van der Waals surface area contributed by atoms with Gasteiger partial charge in [-0.1, -0.05) is 18.9 Å². The van der Waals surface area contributed by atoms with Crippen LogP contribution in [0.3, 0.4) is 0 Å². The van der Waals surface area contributed by atoms with E-state index < -0.39 is 6.04 Å². The summed E-state index contributed by atoms with van der Waals surface area (Å²) in [7, 11) is 1.60. The minimum absolute atomic E-state index is 0.105. The van der Waals surface area contributed by atoms with Crippen LogP contribution in [0.15, 0.2) is 27.9 Å². The van der Waals surface area contributed by atoms with E-state index >= 15 is 0 Å². The standard InChI is InChI=1S/C19H22BrN5O3/c1-5-28-17-11(20)6-10(7-14(17)27-4)16-15-12(8-19(2,3)9-13(15)26)21-18-22-23-24-25(16)18/h6-7,16H,5,8-9H2,1-4H3,(H,21,22,24)/t16-/m0/s1. The van der Waals surface area contributed by atoms with Crippen molar-refractivity contribution >= 4 is 27.7 Å². The number of ketones is 1. The third-order valence-corrected chi connectivity index (χ3v) is 5.64. The molecule has 1 N–H and O–H groups in total. The number of ether oxygens (including phenoxy) is 2. The molecule has 0 bridgehead atoms. The largest absolute Gasteiger partial charge is 0.493 e. The van der Waals surface area contributed by atoms with Crippen molar-refractivity contribution < 1.29 is 14.3 Å². The van der Waals surface area contributed by atoms with E-state index in [4.69, 9.17) is 9.47 Å². The van der Waals surface area contributed by atoms with Crippen molar-refractivity contribution in [1.82, 2.24) is 20.2 Å². The number of hydrogen-bond donors (Lipinski definition) is 1. The minimum Gasteiger partial charge on any atom is -0.493 e. The van der Waals surface area contributed by atoms with Gasteiger partial charge in [-0.2, -0.15) is 4.68 Å². The van der Waals surface area contributed by atoms with Gasteiger partial charge in [0.05, 0.1) is 18.2 Å². The van der Waals surface area contributed by atoms with E-state index in [1.807, 2.05) is 19.1 Å².